The molecule has 0 saturated heterocycles. The molecule has 0 bridgehead atoms. The minimum atomic E-state index is -0.412. The lowest BCUT2D eigenvalue weighted by atomic mass is 10.1. The van der Waals surface area contributed by atoms with E-state index < -0.39 is 4.92 Å². The Hall–Kier alpha value is -3.98. The third-order valence-electron chi connectivity index (χ3n) is 5.42. The Balaban J connectivity index is 1.68. The van der Waals surface area contributed by atoms with Crippen LogP contribution >= 0.6 is 11.3 Å². The van der Waals surface area contributed by atoms with Crippen molar-refractivity contribution in [1.29, 1.82) is 0 Å². The zero-order valence-electron chi connectivity index (χ0n) is 17.6. The van der Waals surface area contributed by atoms with Crippen LogP contribution in [0.2, 0.25) is 0 Å². The molecule has 0 radical (unpaired) electrons. The van der Waals surface area contributed by atoms with Gasteiger partial charge in [-0.25, -0.2) is 9.97 Å². The summed E-state index contributed by atoms with van der Waals surface area (Å²) in [6.45, 7) is 1.68. The maximum absolute atomic E-state index is 11.4. The van der Waals surface area contributed by atoms with Crippen LogP contribution in [0.4, 0.5) is 17.3 Å². The molecule has 3 heterocycles. The van der Waals surface area contributed by atoms with Gasteiger partial charge in [-0.05, 0) is 30.5 Å². The number of thiophene rings is 1. The lowest BCUT2D eigenvalue weighted by Crippen LogP contribution is -2.02. The molecule has 2 aromatic carbocycles. The molecule has 3 aromatic heterocycles. The fraction of sp³-hybridized carbons (Fsp3) is 0.130. The van der Waals surface area contributed by atoms with E-state index in [1.807, 2.05) is 30.6 Å². The van der Waals surface area contributed by atoms with Crippen LogP contribution in [0.15, 0.2) is 54.0 Å². The lowest BCUT2D eigenvalue weighted by molar-refractivity contribution is -0.385. The van der Waals surface area contributed by atoms with Gasteiger partial charge in [0, 0.05) is 41.3 Å². The third kappa shape index (κ3) is 3.23. The summed E-state index contributed by atoms with van der Waals surface area (Å²) >= 11 is 1.58. The Morgan fingerprint density at radius 1 is 1.19 bits per heavy atom. The van der Waals surface area contributed by atoms with Crippen LogP contribution in [0, 0.1) is 17.0 Å². The third-order valence-corrected chi connectivity index (χ3v) is 6.33. The van der Waals surface area contributed by atoms with E-state index in [0.717, 1.165) is 32.4 Å². The minimum Gasteiger partial charge on any atom is -0.495 e. The Kier molecular flexibility index (Phi) is 4.75. The zero-order chi connectivity index (χ0) is 22.4. The Bertz CT molecular complexity index is 1500. The first-order valence-electron chi connectivity index (χ1n) is 9.86. The highest BCUT2D eigenvalue weighted by Crippen LogP contribution is 2.38. The van der Waals surface area contributed by atoms with E-state index in [1.165, 1.54) is 13.2 Å². The number of anilines is 2. The van der Waals surface area contributed by atoms with Gasteiger partial charge in [0.05, 0.1) is 33.6 Å². The van der Waals surface area contributed by atoms with Crippen molar-refractivity contribution in [2.45, 2.75) is 6.92 Å². The monoisotopic (exact) mass is 445 g/mol. The van der Waals surface area contributed by atoms with Gasteiger partial charge in [-0.15, -0.1) is 11.3 Å². The molecular weight excluding hydrogens is 426 g/mol. The van der Waals surface area contributed by atoms with Crippen LogP contribution in [0.1, 0.15) is 5.56 Å². The van der Waals surface area contributed by atoms with Crippen molar-refractivity contribution in [2.75, 3.05) is 12.4 Å². The van der Waals surface area contributed by atoms with Gasteiger partial charge in [-0.2, -0.15) is 0 Å². The summed E-state index contributed by atoms with van der Waals surface area (Å²) in [5, 5.41) is 17.7. The number of benzene rings is 2. The molecule has 0 spiro atoms. The van der Waals surface area contributed by atoms with E-state index in [0.29, 0.717) is 22.9 Å². The van der Waals surface area contributed by atoms with E-state index in [-0.39, 0.29) is 5.69 Å². The average molecular weight is 446 g/mol. The summed E-state index contributed by atoms with van der Waals surface area (Å²) in [7, 11) is 3.53. The molecule has 160 valence electrons. The summed E-state index contributed by atoms with van der Waals surface area (Å²) in [5.41, 5.74) is 4.67. The number of hydrogen-bond donors (Lipinski definition) is 1. The molecule has 0 aliphatic carbocycles. The number of fused-ring (bicyclic) bond motifs is 2. The molecule has 0 unspecified atom stereocenters. The van der Waals surface area contributed by atoms with E-state index in [4.69, 9.17) is 9.72 Å². The van der Waals surface area contributed by atoms with Crippen molar-refractivity contribution in [2.24, 2.45) is 7.05 Å². The summed E-state index contributed by atoms with van der Waals surface area (Å²) in [4.78, 5) is 20.5. The number of para-hydroxylation sites is 1. The summed E-state index contributed by atoms with van der Waals surface area (Å²) < 4.78 is 8.49. The molecule has 8 nitrogen and oxygen atoms in total. The quantitative estimate of drug-likeness (QED) is 0.271. The number of methoxy groups -OCH3 is 1. The van der Waals surface area contributed by atoms with Gasteiger partial charge < -0.3 is 14.6 Å². The Labute approximate surface area is 187 Å². The topological polar surface area (TPSA) is 95.1 Å². The van der Waals surface area contributed by atoms with E-state index in [1.54, 1.807) is 24.3 Å². The molecule has 5 aromatic rings. The van der Waals surface area contributed by atoms with Crippen molar-refractivity contribution < 1.29 is 9.66 Å². The predicted octanol–water partition coefficient (Wildman–Crippen LogP) is 5.82. The van der Waals surface area contributed by atoms with E-state index in [2.05, 4.69) is 33.2 Å². The van der Waals surface area contributed by atoms with Gasteiger partial charge in [0.15, 0.2) is 0 Å². The molecule has 0 atom stereocenters. The smallest absolute Gasteiger partial charge is 0.274 e. The Morgan fingerprint density at radius 2 is 2.00 bits per heavy atom. The highest BCUT2D eigenvalue weighted by atomic mass is 32.1. The zero-order valence-corrected chi connectivity index (χ0v) is 18.4. The number of nitro groups is 1. The van der Waals surface area contributed by atoms with Crippen LogP contribution in [0.25, 0.3) is 32.4 Å². The molecule has 0 aliphatic heterocycles. The van der Waals surface area contributed by atoms with Crippen molar-refractivity contribution in [3.05, 3.63) is 69.7 Å². The fourth-order valence-corrected chi connectivity index (χ4v) is 4.72. The molecular formula is C23H19N5O3S. The van der Waals surface area contributed by atoms with Crippen LogP contribution in [-0.2, 0) is 7.05 Å². The summed E-state index contributed by atoms with van der Waals surface area (Å²) in [5.74, 6) is 0.823. The molecule has 9 heteroatoms. The van der Waals surface area contributed by atoms with Crippen molar-refractivity contribution in [3.63, 3.8) is 0 Å². The number of aryl methyl sites for hydroxylation is 2. The van der Waals surface area contributed by atoms with Gasteiger partial charge in [0.2, 0.25) is 5.95 Å². The molecule has 1 N–H and O–H groups in total. The van der Waals surface area contributed by atoms with Crippen LogP contribution < -0.4 is 10.1 Å². The van der Waals surface area contributed by atoms with Gasteiger partial charge >= 0.3 is 0 Å². The molecule has 0 aliphatic rings. The Morgan fingerprint density at radius 3 is 2.78 bits per heavy atom. The van der Waals surface area contributed by atoms with Gasteiger partial charge in [-0.1, -0.05) is 18.2 Å². The predicted molar refractivity (Wildman–Crippen MR) is 127 cm³/mol. The van der Waals surface area contributed by atoms with E-state index >= 15 is 0 Å². The maximum Gasteiger partial charge on any atom is 0.274 e. The second-order valence-electron chi connectivity index (χ2n) is 7.42. The number of ether oxygens (including phenoxy) is 1. The van der Waals surface area contributed by atoms with Gasteiger partial charge in [-0.3, -0.25) is 10.1 Å². The number of aromatic nitrogens is 3. The van der Waals surface area contributed by atoms with Crippen molar-refractivity contribution >= 4 is 49.8 Å². The number of nitrogens with one attached hydrogen (secondary N) is 1. The molecule has 0 saturated carbocycles. The van der Waals surface area contributed by atoms with Gasteiger partial charge in [0.1, 0.15) is 5.75 Å². The molecule has 0 fully saturated rings. The van der Waals surface area contributed by atoms with Crippen LogP contribution in [0.3, 0.4) is 0 Å². The first kappa shape index (κ1) is 20.0. The highest BCUT2D eigenvalue weighted by molar-refractivity contribution is 7.17. The first-order valence-corrected chi connectivity index (χ1v) is 10.7. The van der Waals surface area contributed by atoms with Crippen molar-refractivity contribution in [3.8, 4) is 17.0 Å². The number of nitro benzene ring substituents is 1. The van der Waals surface area contributed by atoms with Crippen LogP contribution in [-0.4, -0.2) is 26.6 Å². The molecule has 0 amide bonds. The maximum atomic E-state index is 11.4. The normalized spacial score (nSPS) is 11.2. The van der Waals surface area contributed by atoms with Crippen LogP contribution in [0.5, 0.6) is 5.75 Å². The SMILES string of the molecule is COc1cc(C)c([N+](=O)[O-])cc1Nc1nc(-c2cn(C)c3ccccc23)c2sccc2n1. The van der Waals surface area contributed by atoms with Gasteiger partial charge in [0.25, 0.3) is 5.69 Å². The summed E-state index contributed by atoms with van der Waals surface area (Å²) in [6.07, 6.45) is 2.06. The minimum absolute atomic E-state index is 0.000752. The second-order valence-corrected chi connectivity index (χ2v) is 8.34. The summed E-state index contributed by atoms with van der Waals surface area (Å²) in [6, 6.07) is 13.2. The first-order chi connectivity index (χ1) is 15.5. The standard InChI is InChI=1S/C23H19N5O3S/c1-13-10-20(31-3)17(11-19(13)28(29)30)25-23-24-16-8-9-32-22(16)21(26-23)15-12-27(2)18-7-5-4-6-14(15)18/h4-12H,1-3H3,(H,24,25,26). The molecule has 32 heavy (non-hydrogen) atoms. The van der Waals surface area contributed by atoms with Crippen molar-refractivity contribution in [1.82, 2.24) is 14.5 Å². The average Bonchev–Trinajstić information content (AvgIpc) is 3.38. The highest BCUT2D eigenvalue weighted by Gasteiger charge is 2.19. The second kappa shape index (κ2) is 7.61. The fourth-order valence-electron chi connectivity index (χ4n) is 3.89. The molecule has 5 rings (SSSR count). The van der Waals surface area contributed by atoms with E-state index in [9.17, 15) is 10.1 Å². The largest absolute Gasteiger partial charge is 0.495 e. The number of nitrogens with zero attached hydrogens (tertiary/aromatic N) is 4. The number of rotatable bonds is 5. The lowest BCUT2D eigenvalue weighted by Gasteiger charge is -2.12. The number of hydrogen-bond acceptors (Lipinski definition) is 7.